The Morgan fingerprint density at radius 1 is 1.07 bits per heavy atom. The van der Waals surface area contributed by atoms with Gasteiger partial charge >= 0.3 is 5.97 Å². The first-order chi connectivity index (χ1) is 14.0. The minimum absolute atomic E-state index is 0.109. The van der Waals surface area contributed by atoms with Gasteiger partial charge in [-0.3, -0.25) is 9.59 Å². The van der Waals surface area contributed by atoms with Gasteiger partial charge in [0.1, 0.15) is 0 Å². The van der Waals surface area contributed by atoms with Crippen LogP contribution in [-0.4, -0.2) is 49.4 Å². The molecule has 7 nitrogen and oxygen atoms in total. The predicted octanol–water partition coefficient (Wildman–Crippen LogP) is 2.37. The highest BCUT2D eigenvalue weighted by molar-refractivity contribution is 5.99. The van der Waals surface area contributed by atoms with Crippen LogP contribution in [0.5, 0.6) is 0 Å². The van der Waals surface area contributed by atoms with Gasteiger partial charge in [0.25, 0.3) is 5.91 Å². The highest BCUT2D eigenvalue weighted by Gasteiger charge is 2.19. The monoisotopic (exact) mass is 393 g/mol. The van der Waals surface area contributed by atoms with Crippen molar-refractivity contribution in [3.63, 3.8) is 0 Å². The number of amides is 2. The van der Waals surface area contributed by atoms with E-state index < -0.39 is 18.5 Å². The van der Waals surface area contributed by atoms with Gasteiger partial charge in [-0.05, 0) is 24.1 Å². The number of nitriles is 1. The Morgan fingerprint density at radius 3 is 2.41 bits per heavy atom. The summed E-state index contributed by atoms with van der Waals surface area (Å²) >= 11 is 0. The zero-order valence-corrected chi connectivity index (χ0v) is 16.5. The molecule has 0 radical (unpaired) electrons. The SMILES string of the molecule is CCCNC(=O)CN(C)C(=O)COC(=O)c1ccccc1-c1ccccc1C#N. The van der Waals surface area contributed by atoms with Gasteiger partial charge in [-0.15, -0.1) is 0 Å². The molecule has 0 aliphatic carbocycles. The molecule has 0 spiro atoms. The van der Waals surface area contributed by atoms with Crippen molar-refractivity contribution in [3.05, 3.63) is 59.7 Å². The van der Waals surface area contributed by atoms with E-state index in [1.165, 1.54) is 11.9 Å². The van der Waals surface area contributed by atoms with E-state index in [0.29, 0.717) is 23.2 Å². The minimum atomic E-state index is -0.675. The van der Waals surface area contributed by atoms with Crippen molar-refractivity contribution in [2.24, 2.45) is 0 Å². The second-order valence-corrected chi connectivity index (χ2v) is 6.38. The lowest BCUT2D eigenvalue weighted by Crippen LogP contribution is -2.40. The third-order valence-electron chi connectivity index (χ3n) is 4.19. The summed E-state index contributed by atoms with van der Waals surface area (Å²) in [5.74, 6) is -1.43. The van der Waals surface area contributed by atoms with Crippen molar-refractivity contribution < 1.29 is 19.1 Å². The molecule has 0 saturated heterocycles. The van der Waals surface area contributed by atoms with Gasteiger partial charge in [-0.25, -0.2) is 4.79 Å². The van der Waals surface area contributed by atoms with Crippen LogP contribution in [-0.2, 0) is 14.3 Å². The van der Waals surface area contributed by atoms with E-state index in [2.05, 4.69) is 11.4 Å². The van der Waals surface area contributed by atoms with E-state index in [0.717, 1.165) is 6.42 Å². The van der Waals surface area contributed by atoms with Crippen LogP contribution in [0, 0.1) is 11.3 Å². The molecule has 1 N–H and O–H groups in total. The fraction of sp³-hybridized carbons (Fsp3) is 0.273. The van der Waals surface area contributed by atoms with Crippen molar-refractivity contribution in [3.8, 4) is 17.2 Å². The van der Waals surface area contributed by atoms with Crippen LogP contribution in [0.15, 0.2) is 48.5 Å². The van der Waals surface area contributed by atoms with Crippen molar-refractivity contribution in [1.29, 1.82) is 5.26 Å². The summed E-state index contributed by atoms with van der Waals surface area (Å²) in [5.41, 5.74) is 1.85. The third-order valence-corrected chi connectivity index (χ3v) is 4.19. The van der Waals surface area contributed by atoms with Crippen LogP contribution in [0.2, 0.25) is 0 Å². The lowest BCUT2D eigenvalue weighted by atomic mass is 9.96. The number of nitrogens with one attached hydrogen (secondary N) is 1. The number of hydrogen-bond donors (Lipinski definition) is 1. The van der Waals surface area contributed by atoms with E-state index in [9.17, 15) is 19.6 Å². The van der Waals surface area contributed by atoms with Gasteiger partial charge in [-0.2, -0.15) is 5.26 Å². The highest BCUT2D eigenvalue weighted by atomic mass is 16.5. The Balaban J connectivity index is 2.06. The van der Waals surface area contributed by atoms with Gasteiger partial charge in [0.05, 0.1) is 23.7 Å². The van der Waals surface area contributed by atoms with E-state index in [1.807, 2.05) is 6.92 Å². The molecule has 0 fully saturated rings. The number of esters is 1. The lowest BCUT2D eigenvalue weighted by molar-refractivity contribution is -0.137. The molecular formula is C22H23N3O4. The molecule has 0 aliphatic heterocycles. The average molecular weight is 393 g/mol. The van der Waals surface area contributed by atoms with Gasteiger partial charge < -0.3 is 15.0 Å². The highest BCUT2D eigenvalue weighted by Crippen LogP contribution is 2.27. The smallest absolute Gasteiger partial charge is 0.339 e. The van der Waals surface area contributed by atoms with Crippen LogP contribution in [0.1, 0.15) is 29.3 Å². The number of rotatable bonds is 8. The molecule has 2 aromatic rings. The number of nitrogens with zero attached hydrogens (tertiary/aromatic N) is 2. The molecule has 7 heteroatoms. The molecule has 150 valence electrons. The Kier molecular flexibility index (Phi) is 7.92. The molecule has 2 rings (SSSR count). The van der Waals surface area contributed by atoms with E-state index in [4.69, 9.17) is 4.74 Å². The molecule has 29 heavy (non-hydrogen) atoms. The van der Waals surface area contributed by atoms with Crippen LogP contribution >= 0.6 is 0 Å². The topological polar surface area (TPSA) is 99.5 Å². The van der Waals surface area contributed by atoms with Crippen molar-refractivity contribution in [2.75, 3.05) is 26.7 Å². The molecule has 0 unspecified atom stereocenters. The Labute approximate surface area is 169 Å². The molecular weight excluding hydrogens is 370 g/mol. The molecule has 0 bridgehead atoms. The van der Waals surface area contributed by atoms with E-state index >= 15 is 0 Å². The maximum absolute atomic E-state index is 12.6. The first kappa shape index (κ1) is 21.6. The Bertz CT molecular complexity index is 934. The third kappa shape index (κ3) is 5.91. The maximum Gasteiger partial charge on any atom is 0.339 e. The van der Waals surface area contributed by atoms with Gasteiger partial charge in [-0.1, -0.05) is 43.3 Å². The minimum Gasteiger partial charge on any atom is -0.452 e. The standard InChI is InChI=1S/C22H23N3O4/c1-3-12-24-20(26)14-25(2)21(27)15-29-22(28)19-11-7-6-10-18(19)17-9-5-4-8-16(17)13-23/h4-11H,3,12,14-15H2,1-2H3,(H,24,26). The fourth-order valence-electron chi connectivity index (χ4n) is 2.65. The van der Waals surface area contributed by atoms with Crippen LogP contribution < -0.4 is 5.32 Å². The number of carbonyl (C=O) groups excluding carboxylic acids is 3. The normalized spacial score (nSPS) is 9.97. The second kappa shape index (κ2) is 10.6. The molecule has 2 aromatic carbocycles. The number of benzene rings is 2. The summed E-state index contributed by atoms with van der Waals surface area (Å²) in [6, 6.07) is 15.8. The summed E-state index contributed by atoms with van der Waals surface area (Å²) in [5, 5.41) is 12.0. The summed E-state index contributed by atoms with van der Waals surface area (Å²) in [6.07, 6.45) is 0.801. The van der Waals surface area contributed by atoms with Crippen LogP contribution in [0.25, 0.3) is 11.1 Å². The Morgan fingerprint density at radius 2 is 1.72 bits per heavy atom. The van der Waals surface area contributed by atoms with Crippen molar-refractivity contribution in [1.82, 2.24) is 10.2 Å². The summed E-state index contributed by atoms with van der Waals surface area (Å²) in [7, 11) is 1.47. The molecule has 0 heterocycles. The van der Waals surface area contributed by atoms with Gasteiger partial charge in [0.15, 0.2) is 6.61 Å². The van der Waals surface area contributed by atoms with Crippen molar-refractivity contribution >= 4 is 17.8 Å². The zero-order valence-electron chi connectivity index (χ0n) is 16.5. The molecule has 0 saturated carbocycles. The number of hydrogen-bond acceptors (Lipinski definition) is 5. The molecule has 0 aromatic heterocycles. The van der Waals surface area contributed by atoms with Gasteiger partial charge in [0.2, 0.25) is 5.91 Å². The van der Waals surface area contributed by atoms with Crippen LogP contribution in [0.3, 0.4) is 0 Å². The maximum atomic E-state index is 12.6. The predicted molar refractivity (Wildman–Crippen MR) is 108 cm³/mol. The quantitative estimate of drug-likeness (QED) is 0.694. The Hall–Kier alpha value is -3.66. The number of ether oxygens (including phenoxy) is 1. The molecule has 0 atom stereocenters. The first-order valence-electron chi connectivity index (χ1n) is 9.24. The van der Waals surface area contributed by atoms with Crippen LogP contribution in [0.4, 0.5) is 0 Å². The number of carbonyl (C=O) groups is 3. The lowest BCUT2D eigenvalue weighted by Gasteiger charge is -2.17. The van der Waals surface area contributed by atoms with Gasteiger partial charge in [0, 0.05) is 19.2 Å². The zero-order chi connectivity index (χ0) is 21.2. The van der Waals surface area contributed by atoms with E-state index in [-0.39, 0.29) is 18.0 Å². The summed E-state index contributed by atoms with van der Waals surface area (Å²) in [4.78, 5) is 37.6. The van der Waals surface area contributed by atoms with E-state index in [1.54, 1.807) is 48.5 Å². The summed E-state index contributed by atoms with van der Waals surface area (Å²) in [6.45, 7) is 1.88. The van der Waals surface area contributed by atoms with Crippen molar-refractivity contribution in [2.45, 2.75) is 13.3 Å². The number of likely N-dealkylation sites (N-methyl/N-ethyl adjacent to an activating group) is 1. The molecule has 0 aliphatic rings. The fourth-order valence-corrected chi connectivity index (χ4v) is 2.65. The second-order valence-electron chi connectivity index (χ2n) is 6.38. The average Bonchev–Trinajstić information content (AvgIpc) is 2.75. The largest absolute Gasteiger partial charge is 0.452 e. The molecule has 2 amide bonds. The first-order valence-corrected chi connectivity index (χ1v) is 9.24. The summed E-state index contributed by atoms with van der Waals surface area (Å²) < 4.78 is 5.16.